The normalized spacial score (nSPS) is 22.0. The van der Waals surface area contributed by atoms with Crippen LogP contribution in [0, 0.1) is 0 Å². The standard InChI is InChI=1S/C30H40N8O19S5.2Na/c39-18(4-2-1-3-15-24-14(13-58-15)34-30(49)36-24)31-6-8-60-59-7-5-19(40)35-25(26(45)32-11-22(43)56-37-20(41)9-16(28(37)47)61(50,51)52)27(46)33-12-23(44)57-38-21(42)10-17(29(38)48)62(53,54)55;;/h14-17,24-25H,1-13H2,(H,31,39)(H,32,45)(H,33,46)(H,35,40)(H2,34,36,49)(H,50,51,52)(H,53,54,55);;/q;2*+1/p-2/t14-,15-,16?,17?,24-,25?;;/m0../s1. The Morgan fingerprint density at radius 3 is 1.75 bits per heavy atom. The first-order valence-electron chi connectivity index (χ1n) is 18.2. The van der Waals surface area contributed by atoms with Crippen LogP contribution >= 0.6 is 33.3 Å². The fraction of sp³-hybridized carbons (Fsp3) is 0.633. The van der Waals surface area contributed by atoms with Gasteiger partial charge in [0.1, 0.15) is 43.8 Å². The van der Waals surface area contributed by atoms with Crippen LogP contribution in [0.4, 0.5) is 4.79 Å². The monoisotopic (exact) mass is 1020 g/mol. The molecule has 27 nitrogen and oxygen atoms in total. The minimum atomic E-state index is -5.31. The van der Waals surface area contributed by atoms with Crippen molar-refractivity contribution in [3.05, 3.63) is 0 Å². The first-order chi connectivity index (χ1) is 29.1. The van der Waals surface area contributed by atoms with Crippen LogP contribution in [-0.4, -0.2) is 172 Å². The molecule has 4 aliphatic rings. The molecule has 6 N–H and O–H groups in total. The van der Waals surface area contributed by atoms with Crippen molar-refractivity contribution >= 4 is 119 Å². The SMILES string of the molecule is O=C(CCCC[C@@H]1SC[C@@H]2NC(=O)N[C@@H]21)NCCSSCCC(=O)NC(C(=O)NCC(=O)ON1C(=O)CC(S(=O)(=O)[O-])C1=O)C(=O)NCC(=O)ON1C(=O)CC(S(=O)(=O)[O-])C1=O.[Na+].[Na+]. The zero-order valence-corrected chi connectivity index (χ0v) is 41.9. The van der Waals surface area contributed by atoms with Gasteiger partial charge in [-0.05, 0) is 12.8 Å². The third-order valence-electron chi connectivity index (χ3n) is 8.94. The second kappa shape index (κ2) is 26.0. The summed E-state index contributed by atoms with van der Waals surface area (Å²) >= 11 is 1.79. The van der Waals surface area contributed by atoms with E-state index in [1.807, 2.05) is 16.0 Å². The minimum Gasteiger partial charge on any atom is -0.747 e. The number of carbonyl (C=O) groups is 11. The van der Waals surface area contributed by atoms with Crippen LogP contribution in [0.15, 0.2) is 0 Å². The maximum Gasteiger partial charge on any atom is 1.00 e. The van der Waals surface area contributed by atoms with Crippen molar-refractivity contribution in [2.45, 2.75) is 78.8 Å². The smallest absolute Gasteiger partial charge is 0.747 e. The molecule has 4 saturated heterocycles. The summed E-state index contributed by atoms with van der Waals surface area (Å²) in [5, 5.41) is 9.28. The van der Waals surface area contributed by atoms with Gasteiger partial charge in [-0.1, -0.05) is 28.0 Å². The summed E-state index contributed by atoms with van der Waals surface area (Å²) in [5.74, 6) is -11.9. The van der Waals surface area contributed by atoms with Gasteiger partial charge in [-0.25, -0.2) is 31.2 Å². The topological polar surface area (TPSA) is 399 Å². The van der Waals surface area contributed by atoms with Gasteiger partial charge < -0.3 is 50.7 Å². The van der Waals surface area contributed by atoms with Crippen LogP contribution in [0.5, 0.6) is 0 Å². The van der Waals surface area contributed by atoms with E-state index in [2.05, 4.69) is 25.6 Å². The number of nitrogens with zero attached hydrogens (tertiary/aromatic N) is 2. The Labute approximate surface area is 420 Å². The first-order valence-corrected chi connectivity index (χ1v) is 24.6. The summed E-state index contributed by atoms with van der Waals surface area (Å²) in [4.78, 5) is 144. The van der Waals surface area contributed by atoms with Gasteiger partial charge in [-0.15, -0.1) is 10.1 Å². The molecule has 0 aromatic carbocycles. The van der Waals surface area contributed by atoms with E-state index in [9.17, 15) is 78.7 Å². The summed E-state index contributed by atoms with van der Waals surface area (Å²) in [7, 11) is -8.14. The third kappa shape index (κ3) is 16.8. The molecular weight excluding hydrogens is 983 g/mol. The van der Waals surface area contributed by atoms with Gasteiger partial charge in [0.2, 0.25) is 11.8 Å². The van der Waals surface area contributed by atoms with E-state index in [4.69, 9.17) is 0 Å². The molecule has 5 atom stereocenters. The van der Waals surface area contributed by atoms with Gasteiger partial charge in [0.05, 0.1) is 24.9 Å². The van der Waals surface area contributed by atoms with Crippen molar-refractivity contribution in [2.75, 3.05) is 36.9 Å². The van der Waals surface area contributed by atoms with Gasteiger partial charge >= 0.3 is 77.1 Å². The summed E-state index contributed by atoms with van der Waals surface area (Å²) in [5.41, 5.74) is 0. The fourth-order valence-corrected chi connectivity index (χ4v) is 10.7. The zero-order chi connectivity index (χ0) is 45.9. The molecule has 4 rings (SSSR count). The van der Waals surface area contributed by atoms with Gasteiger partial charge in [-0.2, -0.15) is 11.8 Å². The van der Waals surface area contributed by atoms with Crippen molar-refractivity contribution in [1.29, 1.82) is 0 Å². The van der Waals surface area contributed by atoms with E-state index in [1.54, 1.807) is 11.8 Å². The maximum atomic E-state index is 13.0. The van der Waals surface area contributed by atoms with Gasteiger partial charge in [-0.3, -0.25) is 38.4 Å². The van der Waals surface area contributed by atoms with E-state index in [1.165, 1.54) is 21.6 Å². The van der Waals surface area contributed by atoms with Crippen LogP contribution in [0.25, 0.3) is 0 Å². The van der Waals surface area contributed by atoms with E-state index in [-0.39, 0.29) is 111 Å². The fourth-order valence-electron chi connectivity index (χ4n) is 5.93. The number of nitrogens with one attached hydrogen (secondary N) is 6. The average Bonchev–Trinajstić information content (AvgIpc) is 3.91. The molecule has 0 aromatic rings. The predicted molar refractivity (Wildman–Crippen MR) is 207 cm³/mol. The molecule has 0 saturated carbocycles. The number of imide groups is 2. The summed E-state index contributed by atoms with van der Waals surface area (Å²) < 4.78 is 67.3. The van der Waals surface area contributed by atoms with E-state index in [0.29, 0.717) is 25.1 Å². The van der Waals surface area contributed by atoms with Crippen molar-refractivity contribution in [3.63, 3.8) is 0 Å². The Hall–Kier alpha value is -2.76. The van der Waals surface area contributed by atoms with Crippen molar-refractivity contribution in [1.82, 2.24) is 42.0 Å². The summed E-state index contributed by atoms with van der Waals surface area (Å²) in [6.07, 6.45) is 0.0851. The van der Waals surface area contributed by atoms with Crippen molar-refractivity contribution < 1.29 is 147 Å². The Morgan fingerprint density at radius 1 is 0.734 bits per heavy atom. The quantitative estimate of drug-likeness (QED) is 0.0105. The van der Waals surface area contributed by atoms with Crippen LogP contribution in [0.3, 0.4) is 0 Å². The van der Waals surface area contributed by atoms with Crippen LogP contribution in [0.2, 0.25) is 0 Å². The number of rotatable bonds is 23. The van der Waals surface area contributed by atoms with E-state index in [0.717, 1.165) is 18.6 Å². The van der Waals surface area contributed by atoms with E-state index < -0.39 is 116 Å². The Kier molecular flexibility index (Phi) is 23.3. The number of unbranched alkanes of at least 4 members (excludes halogenated alkanes) is 1. The average molecular weight is 1020 g/mol. The molecule has 4 aliphatic heterocycles. The number of hydrogen-bond acceptors (Lipinski definition) is 22. The number of hydroxylamine groups is 4. The first kappa shape index (κ1) is 57.4. The third-order valence-corrected chi connectivity index (χ3v) is 15.0. The predicted octanol–water partition coefficient (Wildman–Crippen LogP) is -11.4. The molecule has 64 heavy (non-hydrogen) atoms. The van der Waals surface area contributed by atoms with Gasteiger partial charge in [0.15, 0.2) is 6.04 Å². The number of amides is 10. The molecule has 2 unspecified atom stereocenters. The maximum absolute atomic E-state index is 13.0. The summed E-state index contributed by atoms with van der Waals surface area (Å²) in [6.45, 7) is -2.14. The van der Waals surface area contributed by atoms with Gasteiger partial charge in [0.25, 0.3) is 35.4 Å². The largest absolute Gasteiger partial charge is 1.00 e. The van der Waals surface area contributed by atoms with Crippen molar-refractivity contribution in [3.8, 4) is 0 Å². The van der Waals surface area contributed by atoms with Crippen molar-refractivity contribution in [2.24, 2.45) is 0 Å². The molecule has 0 aromatic heterocycles. The number of fused-ring (bicyclic) bond motifs is 1. The molecule has 34 heteroatoms. The molecule has 0 aliphatic carbocycles. The number of thioether (sulfide) groups is 1. The molecule has 10 amide bonds. The Morgan fingerprint density at radius 2 is 1.25 bits per heavy atom. The molecule has 0 bridgehead atoms. The molecule has 0 spiro atoms. The Balaban J connectivity index is 0.00000704. The molecule has 344 valence electrons. The Bertz CT molecular complexity index is 1990. The van der Waals surface area contributed by atoms with Crippen LogP contribution in [0.1, 0.15) is 44.9 Å². The molecule has 4 fully saturated rings. The molecular formula is C30H38N8Na2O19S5. The number of hydrogen-bond donors (Lipinski definition) is 6. The number of carbonyl (C=O) groups excluding carboxylic acids is 11. The second-order valence-electron chi connectivity index (χ2n) is 13.4. The summed E-state index contributed by atoms with van der Waals surface area (Å²) in [6, 6.07) is -2.20. The van der Waals surface area contributed by atoms with E-state index >= 15 is 0 Å². The van der Waals surface area contributed by atoms with Crippen LogP contribution < -0.4 is 91.0 Å². The van der Waals surface area contributed by atoms with Gasteiger partial charge in [0, 0.05) is 41.9 Å². The second-order valence-corrected chi connectivity index (χ2v) is 20.5. The molecule has 0 radical (unpaired) electrons. The van der Waals surface area contributed by atoms with Crippen LogP contribution in [-0.2, 0) is 77.9 Å². The number of urea groups is 1. The zero-order valence-electron chi connectivity index (χ0n) is 33.8. The molecule has 4 heterocycles. The minimum absolute atomic E-state index is 0.